The summed E-state index contributed by atoms with van der Waals surface area (Å²) in [6.45, 7) is -0.747. The molecule has 0 atom stereocenters. The first-order valence-electron chi connectivity index (χ1n) is 5.05. The van der Waals surface area contributed by atoms with Gasteiger partial charge in [0, 0.05) is 22.3 Å². The maximum atomic E-state index is 12.1. The van der Waals surface area contributed by atoms with Crippen LogP contribution in [0.1, 0.15) is 0 Å². The first kappa shape index (κ1) is 13.0. The number of rotatable bonds is 4. The zero-order valence-electron chi connectivity index (χ0n) is 9.14. The Kier molecular flexibility index (Phi) is 3.68. The summed E-state index contributed by atoms with van der Waals surface area (Å²) in [5.74, 6) is 0.326. The van der Waals surface area contributed by atoms with Crippen molar-refractivity contribution >= 4 is 30.6 Å². The summed E-state index contributed by atoms with van der Waals surface area (Å²) in [5, 5.41) is 0.351. The van der Waals surface area contributed by atoms with Gasteiger partial charge in [-0.3, -0.25) is 4.98 Å². The van der Waals surface area contributed by atoms with Gasteiger partial charge >= 0.3 is 0 Å². The molecule has 0 saturated carbocycles. The number of aromatic nitrogens is 1. The summed E-state index contributed by atoms with van der Waals surface area (Å²) in [6.07, 6.45) is 1.50. The Hall–Kier alpha value is -1.40. The molecule has 1 heterocycles. The van der Waals surface area contributed by atoms with Gasteiger partial charge < -0.3 is 4.74 Å². The number of nitrogens with zero attached hydrogens (tertiary/aromatic N) is 1. The van der Waals surface area contributed by atoms with E-state index in [0.717, 1.165) is 0 Å². The fourth-order valence-corrected chi connectivity index (χ4v) is 2.66. The highest BCUT2D eigenvalue weighted by Gasteiger charge is 2.17. The van der Waals surface area contributed by atoms with Crippen molar-refractivity contribution in [2.45, 2.75) is 4.90 Å². The number of halogens is 2. The second kappa shape index (κ2) is 5.07. The molecule has 0 N–H and O–H groups in total. The Morgan fingerprint density at radius 3 is 2.78 bits per heavy atom. The average molecular weight is 290 g/mol. The van der Waals surface area contributed by atoms with Crippen LogP contribution >= 0.6 is 10.7 Å². The third-order valence-corrected chi connectivity index (χ3v) is 3.67. The molecular weight excluding hydrogens is 281 g/mol. The molecule has 18 heavy (non-hydrogen) atoms. The predicted molar refractivity (Wildman–Crippen MR) is 66.3 cm³/mol. The number of fused-ring (bicyclic) bond motifs is 1. The molecule has 4 nitrogen and oxygen atoms in total. The van der Waals surface area contributed by atoms with E-state index in [1.54, 1.807) is 12.1 Å². The molecule has 2 aromatic rings. The summed E-state index contributed by atoms with van der Waals surface area (Å²) in [4.78, 5) is 4.00. The van der Waals surface area contributed by atoms with Gasteiger partial charge in [0.2, 0.25) is 0 Å². The molecule has 0 aliphatic rings. The van der Waals surface area contributed by atoms with E-state index in [1.165, 1.54) is 18.3 Å². The Balaban J connectivity index is 2.66. The number of pyridine rings is 1. The van der Waals surface area contributed by atoms with E-state index in [2.05, 4.69) is 4.98 Å². The van der Waals surface area contributed by atoms with Crippen molar-refractivity contribution < 1.29 is 17.5 Å². The molecule has 0 bridgehead atoms. The molecule has 0 unspecified atom stereocenters. The molecular formula is C11H9ClFNO3S. The van der Waals surface area contributed by atoms with E-state index in [4.69, 9.17) is 15.4 Å². The lowest BCUT2D eigenvalue weighted by atomic mass is 10.2. The SMILES string of the molecule is O=S(=O)(Cl)c1ccc(OCCF)c2ncccc12. The van der Waals surface area contributed by atoms with Crippen molar-refractivity contribution in [3.8, 4) is 5.75 Å². The van der Waals surface area contributed by atoms with Crippen LogP contribution in [0, 0.1) is 0 Å². The first-order valence-corrected chi connectivity index (χ1v) is 7.36. The summed E-state index contributed by atoms with van der Waals surface area (Å²) in [6, 6.07) is 5.90. The van der Waals surface area contributed by atoms with Crippen molar-refractivity contribution in [3.63, 3.8) is 0 Å². The lowest BCUT2D eigenvalue weighted by Gasteiger charge is -2.09. The van der Waals surface area contributed by atoms with Crippen LogP contribution in [0.15, 0.2) is 35.4 Å². The number of alkyl halides is 1. The molecule has 96 valence electrons. The van der Waals surface area contributed by atoms with Gasteiger partial charge in [-0.1, -0.05) is 0 Å². The van der Waals surface area contributed by atoms with Crippen LogP contribution in [-0.4, -0.2) is 26.7 Å². The van der Waals surface area contributed by atoms with E-state index in [-0.39, 0.29) is 11.5 Å². The summed E-state index contributed by atoms with van der Waals surface area (Å²) < 4.78 is 40.1. The van der Waals surface area contributed by atoms with Gasteiger partial charge in [-0.25, -0.2) is 12.8 Å². The van der Waals surface area contributed by atoms with Crippen LogP contribution in [0.3, 0.4) is 0 Å². The van der Waals surface area contributed by atoms with Gasteiger partial charge in [0.05, 0.1) is 4.90 Å². The molecule has 0 amide bonds. The molecule has 7 heteroatoms. The smallest absolute Gasteiger partial charge is 0.261 e. The van der Waals surface area contributed by atoms with E-state index in [1.807, 2.05) is 0 Å². The molecule has 1 aromatic heterocycles. The van der Waals surface area contributed by atoms with Crippen molar-refractivity contribution in [3.05, 3.63) is 30.5 Å². The highest BCUT2D eigenvalue weighted by Crippen LogP contribution is 2.30. The zero-order valence-corrected chi connectivity index (χ0v) is 10.7. The minimum Gasteiger partial charge on any atom is -0.489 e. The second-order valence-electron chi connectivity index (χ2n) is 3.44. The summed E-state index contributed by atoms with van der Waals surface area (Å²) in [5.41, 5.74) is 0.340. The van der Waals surface area contributed by atoms with Crippen LogP contribution in [0.4, 0.5) is 4.39 Å². The van der Waals surface area contributed by atoms with E-state index < -0.39 is 15.7 Å². The quantitative estimate of drug-likeness (QED) is 0.812. The van der Waals surface area contributed by atoms with E-state index in [0.29, 0.717) is 16.7 Å². The Morgan fingerprint density at radius 2 is 2.11 bits per heavy atom. The second-order valence-corrected chi connectivity index (χ2v) is 5.97. The molecule has 0 aliphatic heterocycles. The topological polar surface area (TPSA) is 56.3 Å². The lowest BCUT2D eigenvalue weighted by Crippen LogP contribution is -2.01. The van der Waals surface area contributed by atoms with E-state index in [9.17, 15) is 12.8 Å². The van der Waals surface area contributed by atoms with Gasteiger partial charge in [0.15, 0.2) is 0 Å². The molecule has 2 rings (SSSR count). The molecule has 0 saturated heterocycles. The third-order valence-electron chi connectivity index (χ3n) is 2.29. The minimum absolute atomic E-state index is 0.0418. The first-order chi connectivity index (χ1) is 8.54. The molecule has 0 spiro atoms. The average Bonchev–Trinajstić information content (AvgIpc) is 2.34. The van der Waals surface area contributed by atoms with Crippen LogP contribution < -0.4 is 4.74 Å². The molecule has 0 aliphatic carbocycles. The van der Waals surface area contributed by atoms with Crippen LogP contribution in [-0.2, 0) is 9.05 Å². The van der Waals surface area contributed by atoms with Crippen LogP contribution in [0.5, 0.6) is 5.75 Å². The Morgan fingerprint density at radius 1 is 1.33 bits per heavy atom. The van der Waals surface area contributed by atoms with Gasteiger partial charge in [0.25, 0.3) is 9.05 Å². The monoisotopic (exact) mass is 289 g/mol. The summed E-state index contributed by atoms with van der Waals surface area (Å²) >= 11 is 0. The van der Waals surface area contributed by atoms with Gasteiger partial charge in [-0.05, 0) is 24.3 Å². The highest BCUT2D eigenvalue weighted by atomic mass is 35.7. The molecule has 0 radical (unpaired) electrons. The standard InChI is InChI=1S/C11H9ClFNO3S/c12-18(15,16)10-4-3-9(17-7-5-13)11-8(10)2-1-6-14-11/h1-4,6H,5,7H2. The predicted octanol–water partition coefficient (Wildman–Crippen LogP) is 2.51. The van der Waals surface area contributed by atoms with Gasteiger partial charge in [-0.2, -0.15) is 0 Å². The number of hydrogen-bond donors (Lipinski definition) is 0. The largest absolute Gasteiger partial charge is 0.489 e. The fraction of sp³-hybridized carbons (Fsp3) is 0.182. The van der Waals surface area contributed by atoms with Gasteiger partial charge in [-0.15, -0.1) is 0 Å². The third kappa shape index (κ3) is 2.54. The van der Waals surface area contributed by atoms with E-state index >= 15 is 0 Å². The zero-order chi connectivity index (χ0) is 13.2. The number of hydrogen-bond acceptors (Lipinski definition) is 4. The van der Waals surface area contributed by atoms with Crippen molar-refractivity contribution in [1.82, 2.24) is 4.98 Å². The normalized spacial score (nSPS) is 11.7. The molecule has 0 fully saturated rings. The van der Waals surface area contributed by atoms with Crippen LogP contribution in [0.25, 0.3) is 10.9 Å². The fourth-order valence-electron chi connectivity index (χ4n) is 1.60. The summed E-state index contributed by atoms with van der Waals surface area (Å²) in [7, 11) is 1.47. The van der Waals surface area contributed by atoms with Gasteiger partial charge in [0.1, 0.15) is 24.5 Å². The number of benzene rings is 1. The van der Waals surface area contributed by atoms with Crippen molar-refractivity contribution in [1.29, 1.82) is 0 Å². The Labute approximate surface area is 108 Å². The number of ether oxygens (including phenoxy) is 1. The Bertz CT molecular complexity index is 675. The van der Waals surface area contributed by atoms with Crippen molar-refractivity contribution in [2.24, 2.45) is 0 Å². The lowest BCUT2D eigenvalue weighted by molar-refractivity contribution is 0.275. The highest BCUT2D eigenvalue weighted by molar-refractivity contribution is 8.14. The maximum absolute atomic E-state index is 12.1. The molecule has 1 aromatic carbocycles. The van der Waals surface area contributed by atoms with Crippen molar-refractivity contribution in [2.75, 3.05) is 13.3 Å². The minimum atomic E-state index is -3.86. The maximum Gasteiger partial charge on any atom is 0.261 e. The van der Waals surface area contributed by atoms with Crippen LogP contribution in [0.2, 0.25) is 0 Å².